The van der Waals surface area contributed by atoms with Gasteiger partial charge in [-0.3, -0.25) is 19.4 Å². The van der Waals surface area contributed by atoms with Crippen LogP contribution in [0.2, 0.25) is 0 Å². The minimum absolute atomic E-state index is 0.0116. The number of rotatable bonds is 7. The number of nitrogens with one attached hydrogen (secondary N) is 1. The Labute approximate surface area is 157 Å². The Kier molecular flexibility index (Phi) is 7.72. The zero-order valence-corrected chi connectivity index (χ0v) is 15.3. The first kappa shape index (κ1) is 20.3. The highest BCUT2D eigenvalue weighted by Crippen LogP contribution is 2.05. The van der Waals surface area contributed by atoms with Gasteiger partial charge in [0.1, 0.15) is 0 Å². The smallest absolute Gasteiger partial charge is 0.409 e. The lowest BCUT2D eigenvalue weighted by atomic mass is 10.1. The quantitative estimate of drug-likeness (QED) is 0.693. The summed E-state index contributed by atoms with van der Waals surface area (Å²) < 4.78 is 4.93. The average molecular weight is 376 g/mol. The van der Waals surface area contributed by atoms with Crippen molar-refractivity contribution in [2.45, 2.75) is 19.8 Å². The number of ketones is 1. The summed E-state index contributed by atoms with van der Waals surface area (Å²) in [6, 6.07) is 3.31. The number of aromatic nitrogens is 1. The Morgan fingerprint density at radius 3 is 2.44 bits per heavy atom. The normalized spacial score (nSPS) is 13.8. The zero-order chi connectivity index (χ0) is 19.6. The Balaban J connectivity index is 1.66. The molecule has 3 amide bonds. The molecular formula is C18H24N4O5. The van der Waals surface area contributed by atoms with Crippen molar-refractivity contribution in [2.75, 3.05) is 39.3 Å². The van der Waals surface area contributed by atoms with E-state index in [1.165, 1.54) is 6.20 Å². The monoisotopic (exact) mass is 376 g/mol. The number of ether oxygens (including phenoxy) is 1. The number of carbonyl (C=O) groups excluding carboxylic acids is 4. The van der Waals surface area contributed by atoms with Crippen LogP contribution >= 0.6 is 0 Å². The predicted molar refractivity (Wildman–Crippen MR) is 96.0 cm³/mol. The third-order valence-electron chi connectivity index (χ3n) is 4.16. The lowest BCUT2D eigenvalue weighted by molar-refractivity contribution is -0.134. The van der Waals surface area contributed by atoms with Crippen LogP contribution in [0.15, 0.2) is 24.5 Å². The number of carbonyl (C=O) groups is 4. The van der Waals surface area contributed by atoms with E-state index in [4.69, 9.17) is 4.74 Å². The molecule has 9 heteroatoms. The summed E-state index contributed by atoms with van der Waals surface area (Å²) in [5.41, 5.74) is 0.459. The molecule has 9 nitrogen and oxygen atoms in total. The van der Waals surface area contributed by atoms with E-state index < -0.39 is 0 Å². The Morgan fingerprint density at radius 1 is 1.11 bits per heavy atom. The predicted octanol–water partition coefficient (Wildman–Crippen LogP) is 0.461. The van der Waals surface area contributed by atoms with Crippen molar-refractivity contribution in [2.24, 2.45) is 0 Å². The van der Waals surface area contributed by atoms with Crippen LogP contribution in [0.1, 0.15) is 30.1 Å². The number of pyridine rings is 1. The van der Waals surface area contributed by atoms with Gasteiger partial charge in [0, 0.05) is 57.0 Å². The van der Waals surface area contributed by atoms with E-state index in [9.17, 15) is 19.2 Å². The van der Waals surface area contributed by atoms with Crippen LogP contribution in [0.3, 0.4) is 0 Å². The Bertz CT molecular complexity index is 672. The van der Waals surface area contributed by atoms with Crippen molar-refractivity contribution in [3.05, 3.63) is 30.1 Å². The maximum Gasteiger partial charge on any atom is 0.409 e. The van der Waals surface area contributed by atoms with E-state index in [0.29, 0.717) is 38.3 Å². The van der Waals surface area contributed by atoms with E-state index in [1.807, 2.05) is 0 Å². The van der Waals surface area contributed by atoms with Crippen LogP contribution in [0.5, 0.6) is 0 Å². The SMILES string of the molecule is CCOC(=O)N1CCN(C(=O)CNC(=O)CCC(=O)c2cccnc2)CC1. The molecule has 0 unspecified atom stereocenters. The molecule has 1 aromatic rings. The molecule has 0 atom stereocenters. The van der Waals surface area contributed by atoms with Crippen LogP contribution in [0.25, 0.3) is 0 Å². The molecule has 146 valence electrons. The minimum atomic E-state index is -0.379. The first-order valence-corrected chi connectivity index (χ1v) is 8.90. The van der Waals surface area contributed by atoms with Crippen LogP contribution in [-0.2, 0) is 14.3 Å². The first-order valence-electron chi connectivity index (χ1n) is 8.90. The maximum absolute atomic E-state index is 12.2. The van der Waals surface area contributed by atoms with Gasteiger partial charge in [0.05, 0.1) is 13.2 Å². The van der Waals surface area contributed by atoms with Crippen LogP contribution < -0.4 is 5.32 Å². The fourth-order valence-corrected chi connectivity index (χ4v) is 2.63. The molecule has 1 fully saturated rings. The molecule has 0 saturated carbocycles. The molecule has 0 spiro atoms. The second-order valence-corrected chi connectivity index (χ2v) is 6.01. The molecule has 1 aliphatic heterocycles. The summed E-state index contributed by atoms with van der Waals surface area (Å²) in [6.45, 7) is 3.52. The van der Waals surface area contributed by atoms with Crippen LogP contribution in [0, 0.1) is 0 Å². The number of nitrogens with zero attached hydrogens (tertiary/aromatic N) is 3. The van der Waals surface area contributed by atoms with E-state index in [2.05, 4.69) is 10.3 Å². The minimum Gasteiger partial charge on any atom is -0.450 e. The standard InChI is InChI=1S/C18H24N4O5/c1-2-27-18(26)22-10-8-21(9-11-22)17(25)13-20-16(24)6-5-15(23)14-4-3-7-19-12-14/h3-4,7,12H,2,5-6,8-11,13H2,1H3,(H,20,24). The number of piperazine rings is 1. The molecule has 1 N–H and O–H groups in total. The summed E-state index contributed by atoms with van der Waals surface area (Å²) in [4.78, 5) is 54.6. The molecule has 1 aromatic heterocycles. The van der Waals surface area contributed by atoms with Gasteiger partial charge in [-0.1, -0.05) is 0 Å². The Morgan fingerprint density at radius 2 is 1.81 bits per heavy atom. The molecular weight excluding hydrogens is 352 g/mol. The summed E-state index contributed by atoms with van der Waals surface area (Å²) in [7, 11) is 0. The van der Waals surface area contributed by atoms with Crippen molar-refractivity contribution in [3.63, 3.8) is 0 Å². The highest BCUT2D eigenvalue weighted by molar-refractivity contribution is 5.97. The molecule has 0 aliphatic carbocycles. The lowest BCUT2D eigenvalue weighted by Crippen LogP contribution is -2.52. The summed E-state index contributed by atoms with van der Waals surface area (Å²) in [5, 5.41) is 2.54. The number of hydrogen-bond donors (Lipinski definition) is 1. The number of amides is 3. The van der Waals surface area contributed by atoms with Gasteiger partial charge in [0.2, 0.25) is 11.8 Å². The van der Waals surface area contributed by atoms with Crippen molar-refractivity contribution in [1.29, 1.82) is 0 Å². The van der Waals surface area contributed by atoms with Crippen molar-refractivity contribution in [3.8, 4) is 0 Å². The van der Waals surface area contributed by atoms with Crippen LogP contribution in [-0.4, -0.2) is 77.8 Å². The average Bonchev–Trinajstić information content (AvgIpc) is 2.71. The summed E-state index contributed by atoms with van der Waals surface area (Å²) >= 11 is 0. The molecule has 0 aromatic carbocycles. The number of hydrogen-bond acceptors (Lipinski definition) is 6. The van der Waals surface area contributed by atoms with Gasteiger partial charge in [-0.05, 0) is 19.1 Å². The number of Topliss-reactive ketones (excluding diaryl/α,β-unsaturated/α-hetero) is 1. The second kappa shape index (κ2) is 10.2. The molecule has 2 heterocycles. The summed E-state index contributed by atoms with van der Waals surface area (Å²) in [6.07, 6.45) is 2.72. The van der Waals surface area contributed by atoms with E-state index in [0.717, 1.165) is 0 Å². The fraction of sp³-hybridized carbons (Fsp3) is 0.500. The first-order chi connectivity index (χ1) is 13.0. The molecule has 0 radical (unpaired) electrons. The van der Waals surface area contributed by atoms with E-state index >= 15 is 0 Å². The zero-order valence-electron chi connectivity index (χ0n) is 15.3. The highest BCUT2D eigenvalue weighted by Gasteiger charge is 2.24. The second-order valence-electron chi connectivity index (χ2n) is 6.01. The maximum atomic E-state index is 12.2. The largest absolute Gasteiger partial charge is 0.450 e. The van der Waals surface area contributed by atoms with Gasteiger partial charge in [-0.2, -0.15) is 0 Å². The van der Waals surface area contributed by atoms with Crippen molar-refractivity contribution < 1.29 is 23.9 Å². The van der Waals surface area contributed by atoms with Gasteiger partial charge in [-0.25, -0.2) is 4.79 Å². The van der Waals surface area contributed by atoms with Gasteiger partial charge in [-0.15, -0.1) is 0 Å². The van der Waals surface area contributed by atoms with Gasteiger partial charge < -0.3 is 19.9 Å². The molecule has 27 heavy (non-hydrogen) atoms. The molecule has 0 bridgehead atoms. The van der Waals surface area contributed by atoms with E-state index in [-0.39, 0.29) is 43.1 Å². The lowest BCUT2D eigenvalue weighted by Gasteiger charge is -2.34. The van der Waals surface area contributed by atoms with Gasteiger partial charge >= 0.3 is 6.09 Å². The molecule has 1 aliphatic rings. The van der Waals surface area contributed by atoms with Gasteiger partial charge in [0.25, 0.3) is 0 Å². The fourth-order valence-electron chi connectivity index (χ4n) is 2.63. The van der Waals surface area contributed by atoms with Crippen LogP contribution in [0.4, 0.5) is 4.79 Å². The molecule has 2 rings (SSSR count). The summed E-state index contributed by atoms with van der Waals surface area (Å²) in [5.74, 6) is -0.740. The van der Waals surface area contributed by atoms with Crippen molar-refractivity contribution >= 4 is 23.7 Å². The van der Waals surface area contributed by atoms with Crippen molar-refractivity contribution in [1.82, 2.24) is 20.1 Å². The topological polar surface area (TPSA) is 109 Å². The van der Waals surface area contributed by atoms with Gasteiger partial charge in [0.15, 0.2) is 5.78 Å². The third-order valence-corrected chi connectivity index (χ3v) is 4.16. The molecule has 1 saturated heterocycles. The van der Waals surface area contributed by atoms with E-state index in [1.54, 1.807) is 35.1 Å². The Hall–Kier alpha value is -2.97. The third kappa shape index (κ3) is 6.36. The highest BCUT2D eigenvalue weighted by atomic mass is 16.6.